The van der Waals surface area contributed by atoms with Crippen molar-refractivity contribution in [3.05, 3.63) is 75.5 Å². The van der Waals surface area contributed by atoms with Crippen molar-refractivity contribution in [2.24, 2.45) is 0 Å². The molecule has 2 rings (SSSR count). The Morgan fingerprint density at radius 1 is 0.593 bits per heavy atom. The van der Waals surface area contributed by atoms with Gasteiger partial charge in [-0.1, -0.05) is 64.1 Å². The van der Waals surface area contributed by atoms with E-state index in [1.165, 1.54) is 13.8 Å². The van der Waals surface area contributed by atoms with Gasteiger partial charge in [0, 0.05) is 32.7 Å². The molecule has 0 bridgehead atoms. The molecule has 5 heteroatoms. The maximum Gasteiger partial charge on any atom is 0.116 e. The molecule has 0 aromatic heterocycles. The number of phenolic OH excluding ortho intramolecular Hbond substituents is 2. The molecular formula is C22H38O4Y-2. The van der Waals surface area contributed by atoms with Crippen LogP contribution in [0.2, 0.25) is 0 Å². The Morgan fingerprint density at radius 2 is 0.741 bits per heavy atom. The maximum absolute atomic E-state index is 8.81. The number of rotatable bonds is 0. The summed E-state index contributed by atoms with van der Waals surface area (Å²) in [6.07, 6.45) is 1.50. The van der Waals surface area contributed by atoms with E-state index in [9.17, 15) is 0 Å². The Labute approximate surface area is 192 Å². The smallest absolute Gasteiger partial charge is 0.116 e. The minimum absolute atomic E-state index is 0. The van der Waals surface area contributed by atoms with Crippen LogP contribution in [0.25, 0.3) is 0 Å². The molecule has 0 amide bonds. The Hall–Kier alpha value is -1.52. The van der Waals surface area contributed by atoms with Gasteiger partial charge in [-0.05, 0) is 38.1 Å². The first-order valence-corrected chi connectivity index (χ1v) is 7.89. The van der Waals surface area contributed by atoms with E-state index < -0.39 is 0 Å². The number of para-hydroxylation sites is 2. The number of hydrogen-bond donors (Lipinski definition) is 2. The fourth-order valence-electron chi connectivity index (χ4n) is 0.856. The number of aldehydes is 2. The van der Waals surface area contributed by atoms with Crippen molar-refractivity contribution < 1.29 is 52.5 Å². The summed E-state index contributed by atoms with van der Waals surface area (Å²) in [6.45, 7) is 10.9. The third kappa shape index (κ3) is 59.0. The molecule has 0 heterocycles. The van der Waals surface area contributed by atoms with Crippen LogP contribution in [0, 0.1) is 14.9 Å². The van der Waals surface area contributed by atoms with Crippen molar-refractivity contribution >= 4 is 12.6 Å². The molecule has 155 valence electrons. The van der Waals surface area contributed by atoms with E-state index in [0.29, 0.717) is 11.5 Å². The molecule has 0 aliphatic carbocycles. The van der Waals surface area contributed by atoms with E-state index in [4.69, 9.17) is 19.8 Å². The molecule has 0 unspecified atom stereocenters. The topological polar surface area (TPSA) is 74.6 Å². The van der Waals surface area contributed by atoms with E-state index in [0.717, 1.165) is 12.6 Å². The van der Waals surface area contributed by atoms with Crippen LogP contribution in [-0.4, -0.2) is 22.8 Å². The number of carbonyl (C=O) groups excluding carboxylic acids is 2. The van der Waals surface area contributed by atoms with Gasteiger partial charge in [0.1, 0.15) is 24.1 Å². The second-order valence-electron chi connectivity index (χ2n) is 3.14. The van der Waals surface area contributed by atoms with Crippen LogP contribution in [0.3, 0.4) is 0 Å². The van der Waals surface area contributed by atoms with Gasteiger partial charge in [0.2, 0.25) is 0 Å². The summed E-state index contributed by atoms with van der Waals surface area (Å²) in [5.41, 5.74) is 0. The molecular weight excluding hydrogens is 417 g/mol. The predicted octanol–water partition coefficient (Wildman–Crippen LogP) is 6.15. The molecule has 0 saturated heterocycles. The van der Waals surface area contributed by atoms with Gasteiger partial charge in [-0.2, -0.15) is 0 Å². The van der Waals surface area contributed by atoms with Crippen molar-refractivity contribution in [3.63, 3.8) is 0 Å². The van der Waals surface area contributed by atoms with Crippen molar-refractivity contribution in [2.45, 2.75) is 41.5 Å². The zero-order valence-electron chi connectivity index (χ0n) is 18.2. The van der Waals surface area contributed by atoms with Crippen LogP contribution in [0.15, 0.2) is 60.7 Å². The zero-order chi connectivity index (χ0) is 19.6. The molecule has 0 spiro atoms. The van der Waals surface area contributed by atoms with Gasteiger partial charge >= 0.3 is 0 Å². The van der Waals surface area contributed by atoms with Crippen molar-refractivity contribution in [3.8, 4) is 11.5 Å². The normalized spacial score (nSPS) is 5.85. The van der Waals surface area contributed by atoms with Gasteiger partial charge in [-0.25, -0.2) is 0 Å². The SMILES string of the molecule is CC.CC.CC=O.CC=O.Oc1ccccc1.Oc1ccccc1.[CH3-].[CH3-].[Y]. The minimum Gasteiger partial charge on any atom is -0.508 e. The largest absolute Gasteiger partial charge is 0.508 e. The van der Waals surface area contributed by atoms with Crippen molar-refractivity contribution in [1.82, 2.24) is 0 Å². The van der Waals surface area contributed by atoms with E-state index in [1.54, 1.807) is 48.5 Å². The summed E-state index contributed by atoms with van der Waals surface area (Å²) in [6, 6.07) is 17.4. The summed E-state index contributed by atoms with van der Waals surface area (Å²) in [5, 5.41) is 17.3. The second-order valence-corrected chi connectivity index (χ2v) is 3.14. The van der Waals surface area contributed by atoms with Gasteiger partial charge in [0.15, 0.2) is 0 Å². The van der Waals surface area contributed by atoms with Crippen molar-refractivity contribution in [1.29, 1.82) is 0 Å². The third-order valence-electron chi connectivity index (χ3n) is 1.51. The molecule has 1 radical (unpaired) electrons. The fourth-order valence-corrected chi connectivity index (χ4v) is 0.856. The Bertz CT molecular complexity index is 391. The summed E-state index contributed by atoms with van der Waals surface area (Å²) in [7, 11) is 0. The number of phenols is 2. The molecule has 2 aromatic rings. The van der Waals surface area contributed by atoms with E-state index >= 15 is 0 Å². The van der Waals surface area contributed by atoms with Crippen LogP contribution >= 0.6 is 0 Å². The monoisotopic (exact) mass is 455 g/mol. The molecule has 0 aliphatic rings. The van der Waals surface area contributed by atoms with Crippen LogP contribution in [0.5, 0.6) is 11.5 Å². The number of carbonyl (C=O) groups is 2. The summed E-state index contributed by atoms with van der Waals surface area (Å²) in [4.78, 5) is 17.6. The van der Waals surface area contributed by atoms with Gasteiger partial charge < -0.3 is 34.7 Å². The van der Waals surface area contributed by atoms with Gasteiger partial charge in [0.25, 0.3) is 0 Å². The average molecular weight is 455 g/mol. The third-order valence-corrected chi connectivity index (χ3v) is 1.51. The summed E-state index contributed by atoms with van der Waals surface area (Å²) in [5.74, 6) is 0.644. The van der Waals surface area contributed by atoms with Crippen molar-refractivity contribution in [2.75, 3.05) is 0 Å². The quantitative estimate of drug-likeness (QED) is 0.369. The van der Waals surface area contributed by atoms with E-state index in [-0.39, 0.29) is 47.6 Å². The molecule has 2 N–H and O–H groups in total. The van der Waals surface area contributed by atoms with E-state index in [2.05, 4.69) is 0 Å². The Morgan fingerprint density at radius 3 is 0.815 bits per heavy atom. The molecule has 0 atom stereocenters. The van der Waals surface area contributed by atoms with Gasteiger partial charge in [-0.15, -0.1) is 0 Å². The van der Waals surface area contributed by atoms with E-state index in [1.807, 2.05) is 39.8 Å². The molecule has 2 aromatic carbocycles. The fraction of sp³-hybridized carbons (Fsp3) is 0.273. The Balaban J connectivity index is -0.0000000379. The Kier molecular flexibility index (Phi) is 82.3. The standard InChI is InChI=1S/2C6H6O.2C2H4O.2C2H6.2CH3.Y/c2*7-6-4-2-1-3-5-6;2*1-2-3;2*1-2;;;/h2*1-5,7H;2*2H,1H3;2*1-2H3;2*1H3;/q;;;;;;2*-1;. The first kappa shape index (κ1) is 44.7. The first-order valence-electron chi connectivity index (χ1n) is 7.89. The van der Waals surface area contributed by atoms with Crippen LogP contribution in [0.4, 0.5) is 0 Å². The first-order chi connectivity index (χ1) is 11.6. The van der Waals surface area contributed by atoms with Crippen LogP contribution in [0.1, 0.15) is 41.5 Å². The number of hydrogen-bond acceptors (Lipinski definition) is 4. The molecule has 27 heavy (non-hydrogen) atoms. The van der Waals surface area contributed by atoms with Gasteiger partial charge in [0.05, 0.1) is 0 Å². The molecule has 0 aliphatic heterocycles. The van der Waals surface area contributed by atoms with Crippen LogP contribution < -0.4 is 0 Å². The summed E-state index contributed by atoms with van der Waals surface area (Å²) >= 11 is 0. The minimum atomic E-state index is 0. The molecule has 0 saturated carbocycles. The summed E-state index contributed by atoms with van der Waals surface area (Å²) < 4.78 is 0. The predicted molar refractivity (Wildman–Crippen MR) is 115 cm³/mol. The number of benzene rings is 2. The maximum atomic E-state index is 8.81. The second kappa shape index (κ2) is 49.7. The zero-order valence-corrected chi connectivity index (χ0v) is 21.1. The van der Waals surface area contributed by atoms with Gasteiger partial charge in [-0.3, -0.25) is 0 Å². The van der Waals surface area contributed by atoms with Crippen LogP contribution in [-0.2, 0) is 42.3 Å². The molecule has 4 nitrogen and oxygen atoms in total. The number of aromatic hydroxyl groups is 2. The molecule has 0 fully saturated rings. The average Bonchev–Trinajstić information content (AvgIpc) is 2.62.